The van der Waals surface area contributed by atoms with E-state index in [2.05, 4.69) is 10.2 Å². The number of carboxylic acid groups (broad SMARTS) is 1. The summed E-state index contributed by atoms with van der Waals surface area (Å²) >= 11 is 0. The number of hydrogen-bond donors (Lipinski definition) is 1. The van der Waals surface area contributed by atoms with Crippen molar-refractivity contribution in [2.24, 2.45) is 0 Å². The molecule has 2 rings (SSSR count). The lowest BCUT2D eigenvalue weighted by atomic mass is 10.3. The second kappa shape index (κ2) is 4.22. The molecule has 0 aliphatic carbocycles. The van der Waals surface area contributed by atoms with E-state index in [1.54, 1.807) is 6.07 Å². The number of aromatic carboxylic acids is 1. The Bertz CT molecular complexity index is 346. The Morgan fingerprint density at radius 1 is 1.33 bits per heavy atom. The molecular formula is C9H11N3O3. The molecule has 0 bridgehead atoms. The minimum absolute atomic E-state index is 0.0352. The van der Waals surface area contributed by atoms with Gasteiger partial charge in [-0.2, -0.15) is 0 Å². The number of rotatable bonds is 2. The first kappa shape index (κ1) is 9.85. The van der Waals surface area contributed by atoms with Gasteiger partial charge in [0.25, 0.3) is 0 Å². The van der Waals surface area contributed by atoms with Gasteiger partial charge in [-0.3, -0.25) is 0 Å². The average molecular weight is 209 g/mol. The monoisotopic (exact) mass is 209 g/mol. The summed E-state index contributed by atoms with van der Waals surface area (Å²) in [5.74, 6) is -0.362. The minimum atomic E-state index is -1.06. The van der Waals surface area contributed by atoms with Crippen molar-refractivity contribution in [3.05, 3.63) is 17.8 Å². The van der Waals surface area contributed by atoms with E-state index >= 15 is 0 Å². The van der Waals surface area contributed by atoms with Gasteiger partial charge in [-0.25, -0.2) is 4.79 Å². The van der Waals surface area contributed by atoms with Crippen LogP contribution in [0.3, 0.4) is 0 Å². The second-order valence-electron chi connectivity index (χ2n) is 3.18. The van der Waals surface area contributed by atoms with Crippen LogP contribution in [0.2, 0.25) is 0 Å². The maximum atomic E-state index is 10.6. The van der Waals surface area contributed by atoms with Gasteiger partial charge in [-0.15, -0.1) is 10.2 Å². The number of nitrogens with zero attached hydrogens (tertiary/aromatic N) is 3. The molecule has 1 saturated heterocycles. The number of ether oxygens (including phenoxy) is 1. The highest BCUT2D eigenvalue weighted by atomic mass is 16.5. The molecule has 80 valence electrons. The highest BCUT2D eigenvalue weighted by molar-refractivity contribution is 5.85. The first-order valence-corrected chi connectivity index (χ1v) is 4.67. The van der Waals surface area contributed by atoms with Gasteiger partial charge in [0, 0.05) is 13.1 Å². The number of morpholine rings is 1. The fraction of sp³-hybridized carbons (Fsp3) is 0.444. The molecule has 1 aromatic heterocycles. The van der Waals surface area contributed by atoms with E-state index in [-0.39, 0.29) is 5.69 Å². The highest BCUT2D eigenvalue weighted by Crippen LogP contribution is 2.11. The molecule has 1 aliphatic rings. The zero-order chi connectivity index (χ0) is 10.7. The van der Waals surface area contributed by atoms with Crippen LogP contribution in [-0.4, -0.2) is 47.6 Å². The largest absolute Gasteiger partial charge is 0.476 e. The van der Waals surface area contributed by atoms with E-state index in [9.17, 15) is 4.79 Å². The van der Waals surface area contributed by atoms with E-state index in [4.69, 9.17) is 9.84 Å². The average Bonchev–Trinajstić information content (AvgIpc) is 2.30. The molecule has 15 heavy (non-hydrogen) atoms. The molecular weight excluding hydrogens is 198 g/mol. The van der Waals surface area contributed by atoms with Crippen molar-refractivity contribution in [3.63, 3.8) is 0 Å². The number of aromatic nitrogens is 2. The Kier molecular flexibility index (Phi) is 2.77. The summed E-state index contributed by atoms with van der Waals surface area (Å²) in [7, 11) is 0. The van der Waals surface area contributed by atoms with Crippen LogP contribution in [0.4, 0.5) is 5.82 Å². The second-order valence-corrected chi connectivity index (χ2v) is 3.18. The van der Waals surface area contributed by atoms with Crippen molar-refractivity contribution in [2.45, 2.75) is 0 Å². The van der Waals surface area contributed by atoms with Crippen molar-refractivity contribution in [1.82, 2.24) is 10.2 Å². The molecule has 1 N–H and O–H groups in total. The van der Waals surface area contributed by atoms with Gasteiger partial charge in [0.05, 0.1) is 13.2 Å². The lowest BCUT2D eigenvalue weighted by Crippen LogP contribution is -2.36. The van der Waals surface area contributed by atoms with E-state index in [1.165, 1.54) is 6.07 Å². The van der Waals surface area contributed by atoms with Crippen LogP contribution in [0.5, 0.6) is 0 Å². The quantitative estimate of drug-likeness (QED) is 0.739. The summed E-state index contributed by atoms with van der Waals surface area (Å²) < 4.78 is 5.20. The highest BCUT2D eigenvalue weighted by Gasteiger charge is 2.13. The first-order valence-electron chi connectivity index (χ1n) is 4.67. The standard InChI is InChI=1S/C9H11N3O3/c13-9(14)7-1-2-8(11-10-7)12-3-5-15-6-4-12/h1-2H,3-6H2,(H,13,14). The zero-order valence-electron chi connectivity index (χ0n) is 8.09. The molecule has 0 atom stereocenters. The molecule has 1 fully saturated rings. The molecule has 2 heterocycles. The van der Waals surface area contributed by atoms with Crippen LogP contribution < -0.4 is 4.90 Å². The number of carboxylic acids is 1. The fourth-order valence-electron chi connectivity index (χ4n) is 1.40. The summed E-state index contributed by atoms with van der Waals surface area (Å²) in [6.07, 6.45) is 0. The van der Waals surface area contributed by atoms with Gasteiger partial charge < -0.3 is 14.7 Å². The lowest BCUT2D eigenvalue weighted by Gasteiger charge is -2.27. The Balaban J connectivity index is 2.11. The molecule has 6 nitrogen and oxygen atoms in total. The van der Waals surface area contributed by atoms with Gasteiger partial charge in [0.1, 0.15) is 0 Å². The topological polar surface area (TPSA) is 75.5 Å². The van der Waals surface area contributed by atoms with Crippen LogP contribution in [0, 0.1) is 0 Å². The van der Waals surface area contributed by atoms with Crippen LogP contribution in [-0.2, 0) is 4.74 Å². The van der Waals surface area contributed by atoms with Crippen molar-refractivity contribution in [2.75, 3.05) is 31.2 Å². The summed E-state index contributed by atoms with van der Waals surface area (Å²) in [5, 5.41) is 16.1. The molecule has 1 aliphatic heterocycles. The third-order valence-electron chi connectivity index (χ3n) is 2.20. The normalized spacial score (nSPS) is 16.4. The molecule has 0 saturated carbocycles. The SMILES string of the molecule is O=C(O)c1ccc(N2CCOCC2)nn1. The predicted octanol–water partition coefficient (Wildman–Crippen LogP) is 0.0114. The summed E-state index contributed by atoms with van der Waals surface area (Å²) in [6.45, 7) is 2.87. The zero-order valence-corrected chi connectivity index (χ0v) is 8.09. The van der Waals surface area contributed by atoms with E-state index in [0.717, 1.165) is 13.1 Å². The van der Waals surface area contributed by atoms with Crippen LogP contribution in [0.15, 0.2) is 12.1 Å². The van der Waals surface area contributed by atoms with Gasteiger partial charge in [-0.1, -0.05) is 0 Å². The van der Waals surface area contributed by atoms with E-state index in [1.807, 2.05) is 4.90 Å². The Labute approximate surface area is 86.5 Å². The summed E-state index contributed by atoms with van der Waals surface area (Å²) in [4.78, 5) is 12.6. The third-order valence-corrected chi connectivity index (χ3v) is 2.20. The molecule has 0 radical (unpaired) electrons. The molecule has 0 aromatic carbocycles. The van der Waals surface area contributed by atoms with Gasteiger partial charge in [0.15, 0.2) is 11.5 Å². The van der Waals surface area contributed by atoms with Crippen LogP contribution in [0.1, 0.15) is 10.5 Å². The predicted molar refractivity (Wildman–Crippen MR) is 52.0 cm³/mol. The van der Waals surface area contributed by atoms with E-state index < -0.39 is 5.97 Å². The molecule has 0 amide bonds. The summed E-state index contributed by atoms with van der Waals surface area (Å²) in [6, 6.07) is 3.13. The Morgan fingerprint density at radius 2 is 2.07 bits per heavy atom. The van der Waals surface area contributed by atoms with Gasteiger partial charge in [-0.05, 0) is 12.1 Å². The summed E-state index contributed by atoms with van der Waals surface area (Å²) in [5.41, 5.74) is -0.0352. The van der Waals surface area contributed by atoms with Crippen molar-refractivity contribution < 1.29 is 14.6 Å². The van der Waals surface area contributed by atoms with Gasteiger partial charge >= 0.3 is 5.97 Å². The van der Waals surface area contributed by atoms with Crippen molar-refractivity contribution in [1.29, 1.82) is 0 Å². The molecule has 0 unspecified atom stereocenters. The van der Waals surface area contributed by atoms with Crippen molar-refractivity contribution in [3.8, 4) is 0 Å². The fourth-order valence-corrected chi connectivity index (χ4v) is 1.40. The maximum absolute atomic E-state index is 10.6. The van der Waals surface area contributed by atoms with Crippen LogP contribution >= 0.6 is 0 Å². The molecule has 6 heteroatoms. The third kappa shape index (κ3) is 2.21. The number of carbonyl (C=O) groups is 1. The lowest BCUT2D eigenvalue weighted by molar-refractivity contribution is 0.0689. The van der Waals surface area contributed by atoms with E-state index in [0.29, 0.717) is 19.0 Å². The number of anilines is 1. The first-order chi connectivity index (χ1) is 7.27. The Hall–Kier alpha value is -1.69. The smallest absolute Gasteiger partial charge is 0.356 e. The maximum Gasteiger partial charge on any atom is 0.356 e. The van der Waals surface area contributed by atoms with Gasteiger partial charge in [0.2, 0.25) is 0 Å². The Morgan fingerprint density at radius 3 is 2.60 bits per heavy atom. The van der Waals surface area contributed by atoms with Crippen molar-refractivity contribution >= 4 is 11.8 Å². The number of hydrogen-bond acceptors (Lipinski definition) is 5. The molecule has 0 spiro atoms. The van der Waals surface area contributed by atoms with Crippen LogP contribution in [0.25, 0.3) is 0 Å². The minimum Gasteiger partial charge on any atom is -0.476 e. The molecule has 1 aromatic rings.